The summed E-state index contributed by atoms with van der Waals surface area (Å²) in [5, 5.41) is 3.11. The molecule has 4 nitrogen and oxygen atoms in total. The number of carbonyl (C=O) groups excluding carboxylic acids is 1. The number of aromatic nitrogens is 2. The molecule has 1 N–H and O–H groups in total. The summed E-state index contributed by atoms with van der Waals surface area (Å²) in [6, 6.07) is 18.1. The summed E-state index contributed by atoms with van der Waals surface area (Å²) in [6.07, 6.45) is 2.91. The molecule has 0 saturated heterocycles. The largest absolute Gasteiger partial charge is 0.306 e. The smallest absolute Gasteiger partial charge is 0.256 e. The van der Waals surface area contributed by atoms with Crippen LogP contribution in [0.5, 0.6) is 0 Å². The molecule has 0 spiro atoms. The minimum atomic E-state index is -0.138. The van der Waals surface area contributed by atoms with Crippen LogP contribution in [0, 0.1) is 20.8 Å². The van der Waals surface area contributed by atoms with Crippen LogP contribution in [0.15, 0.2) is 60.8 Å². The zero-order valence-corrected chi connectivity index (χ0v) is 17.3. The van der Waals surface area contributed by atoms with Gasteiger partial charge in [0.2, 0.25) is 0 Å². The van der Waals surface area contributed by atoms with Crippen molar-refractivity contribution in [3.8, 4) is 11.3 Å². The molecule has 1 amide bonds. The molecule has 0 aliphatic heterocycles. The van der Waals surface area contributed by atoms with E-state index < -0.39 is 0 Å². The molecule has 146 valence electrons. The number of hydrogen-bond donors (Lipinski definition) is 1. The topological polar surface area (TPSA) is 46.4 Å². The Morgan fingerprint density at radius 1 is 0.931 bits per heavy atom. The predicted octanol–water partition coefficient (Wildman–Crippen LogP) is 5.74. The van der Waals surface area contributed by atoms with Crippen molar-refractivity contribution in [2.24, 2.45) is 0 Å². The number of imidazole rings is 1. The van der Waals surface area contributed by atoms with Crippen LogP contribution >= 0.6 is 0 Å². The Balaban J connectivity index is 1.81. The maximum atomic E-state index is 13.0. The predicted molar refractivity (Wildman–Crippen MR) is 119 cm³/mol. The molecule has 0 bridgehead atoms. The number of carbonyl (C=O) groups is 1. The summed E-state index contributed by atoms with van der Waals surface area (Å²) in [6.45, 7) is 8.29. The average molecular weight is 383 g/mol. The number of amides is 1. The van der Waals surface area contributed by atoms with E-state index in [0.717, 1.165) is 28.9 Å². The lowest BCUT2D eigenvalue weighted by Crippen LogP contribution is -2.14. The lowest BCUT2D eigenvalue weighted by atomic mass is 10.0. The first-order chi connectivity index (χ1) is 13.9. The number of benzene rings is 2. The monoisotopic (exact) mass is 383 g/mol. The van der Waals surface area contributed by atoms with Gasteiger partial charge in [0.05, 0.1) is 0 Å². The summed E-state index contributed by atoms with van der Waals surface area (Å²) < 4.78 is 1.94. The molecule has 4 aromatic rings. The molecule has 0 unspecified atom stereocenters. The average Bonchev–Trinajstić information content (AvgIpc) is 3.04. The second kappa shape index (κ2) is 7.55. The zero-order chi connectivity index (χ0) is 20.5. The van der Waals surface area contributed by atoms with Crippen LogP contribution in [0.2, 0.25) is 0 Å². The third-order valence-electron chi connectivity index (χ3n) is 5.13. The van der Waals surface area contributed by atoms with E-state index in [2.05, 4.69) is 44.3 Å². The molecular formula is C25H25N3O. The van der Waals surface area contributed by atoms with Gasteiger partial charge in [-0.05, 0) is 74.7 Å². The first-order valence-corrected chi connectivity index (χ1v) is 9.92. The lowest BCUT2D eigenvalue weighted by molar-refractivity contribution is 0.102. The molecule has 0 atom stereocenters. The van der Waals surface area contributed by atoms with Crippen molar-refractivity contribution in [2.45, 2.75) is 34.1 Å². The second-order valence-electron chi connectivity index (χ2n) is 7.62. The van der Waals surface area contributed by atoms with Crippen molar-refractivity contribution in [3.63, 3.8) is 0 Å². The molecule has 2 heterocycles. The van der Waals surface area contributed by atoms with Crippen molar-refractivity contribution in [1.82, 2.24) is 9.38 Å². The molecule has 0 aliphatic carbocycles. The number of anilines is 1. The maximum Gasteiger partial charge on any atom is 0.256 e. The minimum Gasteiger partial charge on any atom is -0.306 e. The van der Waals surface area contributed by atoms with E-state index >= 15 is 0 Å². The Hall–Kier alpha value is -3.40. The third kappa shape index (κ3) is 3.79. The van der Waals surface area contributed by atoms with Crippen molar-refractivity contribution >= 4 is 17.4 Å². The fourth-order valence-corrected chi connectivity index (χ4v) is 3.65. The minimum absolute atomic E-state index is 0.138. The van der Waals surface area contributed by atoms with Crippen molar-refractivity contribution in [1.29, 1.82) is 0 Å². The fraction of sp³-hybridized carbons (Fsp3) is 0.200. The highest BCUT2D eigenvalue weighted by Crippen LogP contribution is 2.31. The SMILES string of the molecule is CCc1ccc(C(=O)Nc2c(-c3cc(C)cc(C)c3)nc3cc(C)ccn23)cc1. The molecule has 0 saturated carbocycles. The van der Waals surface area contributed by atoms with Gasteiger partial charge in [-0.2, -0.15) is 0 Å². The van der Waals surface area contributed by atoms with Crippen LogP contribution in [-0.2, 0) is 6.42 Å². The standard InChI is InChI=1S/C25H25N3O/c1-5-19-6-8-20(9-7-19)25(29)27-24-23(21-13-17(3)12-18(4)14-21)26-22-15-16(2)10-11-28(22)24/h6-15H,5H2,1-4H3,(H,27,29). The van der Waals surface area contributed by atoms with Crippen LogP contribution < -0.4 is 5.32 Å². The second-order valence-corrected chi connectivity index (χ2v) is 7.62. The quantitative estimate of drug-likeness (QED) is 0.488. The molecule has 0 radical (unpaired) electrons. The summed E-state index contributed by atoms with van der Waals surface area (Å²) >= 11 is 0. The molecule has 4 heteroatoms. The number of nitrogens with zero attached hydrogens (tertiary/aromatic N) is 2. The highest BCUT2D eigenvalue weighted by molar-refractivity contribution is 6.05. The van der Waals surface area contributed by atoms with Crippen LogP contribution in [0.4, 0.5) is 5.82 Å². The van der Waals surface area contributed by atoms with E-state index in [1.165, 1.54) is 16.7 Å². The molecule has 2 aromatic heterocycles. The van der Waals surface area contributed by atoms with E-state index in [-0.39, 0.29) is 5.91 Å². The number of fused-ring (bicyclic) bond motifs is 1. The Kier molecular flexibility index (Phi) is 4.93. The van der Waals surface area contributed by atoms with E-state index in [9.17, 15) is 4.79 Å². The fourth-order valence-electron chi connectivity index (χ4n) is 3.65. The molecule has 0 fully saturated rings. The summed E-state index contributed by atoms with van der Waals surface area (Å²) in [5.74, 6) is 0.551. The van der Waals surface area contributed by atoms with E-state index in [0.29, 0.717) is 11.4 Å². The van der Waals surface area contributed by atoms with Crippen LogP contribution in [0.25, 0.3) is 16.9 Å². The maximum absolute atomic E-state index is 13.0. The zero-order valence-electron chi connectivity index (χ0n) is 17.3. The van der Waals surface area contributed by atoms with Gasteiger partial charge in [0.25, 0.3) is 5.91 Å². The summed E-state index contributed by atoms with van der Waals surface area (Å²) in [5.41, 5.74) is 7.90. The van der Waals surface area contributed by atoms with Gasteiger partial charge in [-0.3, -0.25) is 9.20 Å². The first-order valence-electron chi connectivity index (χ1n) is 9.92. The molecule has 4 rings (SSSR count). The number of aryl methyl sites for hydroxylation is 4. The van der Waals surface area contributed by atoms with E-state index in [4.69, 9.17) is 4.98 Å². The molecule has 0 aliphatic rings. The third-order valence-corrected chi connectivity index (χ3v) is 5.13. The van der Waals surface area contributed by atoms with E-state index in [1.807, 2.05) is 53.9 Å². The van der Waals surface area contributed by atoms with Crippen molar-refractivity contribution in [2.75, 3.05) is 5.32 Å². The Labute approximate surface area is 171 Å². The number of rotatable bonds is 4. The summed E-state index contributed by atoms with van der Waals surface area (Å²) in [7, 11) is 0. The van der Waals surface area contributed by atoms with Crippen molar-refractivity contribution < 1.29 is 4.79 Å². The number of hydrogen-bond acceptors (Lipinski definition) is 2. The molecular weight excluding hydrogens is 358 g/mol. The van der Waals surface area contributed by atoms with Crippen LogP contribution in [0.3, 0.4) is 0 Å². The van der Waals surface area contributed by atoms with Gasteiger partial charge in [-0.25, -0.2) is 4.98 Å². The van der Waals surface area contributed by atoms with Gasteiger partial charge < -0.3 is 5.32 Å². The highest BCUT2D eigenvalue weighted by atomic mass is 16.1. The number of pyridine rings is 1. The van der Waals surface area contributed by atoms with Gasteiger partial charge in [0.1, 0.15) is 17.2 Å². The highest BCUT2D eigenvalue weighted by Gasteiger charge is 2.18. The Bertz CT molecular complexity index is 1180. The van der Waals surface area contributed by atoms with Crippen molar-refractivity contribution in [3.05, 3.63) is 88.6 Å². The lowest BCUT2D eigenvalue weighted by Gasteiger charge is -2.10. The van der Waals surface area contributed by atoms with Gasteiger partial charge in [0.15, 0.2) is 0 Å². The van der Waals surface area contributed by atoms with Gasteiger partial charge in [0, 0.05) is 17.3 Å². The van der Waals surface area contributed by atoms with Crippen LogP contribution in [-0.4, -0.2) is 15.3 Å². The normalized spacial score (nSPS) is 11.0. The van der Waals surface area contributed by atoms with E-state index in [1.54, 1.807) is 0 Å². The van der Waals surface area contributed by atoms with Gasteiger partial charge >= 0.3 is 0 Å². The summed E-state index contributed by atoms with van der Waals surface area (Å²) in [4.78, 5) is 17.8. The Morgan fingerprint density at radius 2 is 1.62 bits per heavy atom. The van der Waals surface area contributed by atoms with Crippen LogP contribution in [0.1, 0.15) is 39.5 Å². The first kappa shape index (κ1) is 18.9. The Morgan fingerprint density at radius 3 is 2.28 bits per heavy atom. The molecule has 29 heavy (non-hydrogen) atoms. The van der Waals surface area contributed by atoms with Gasteiger partial charge in [-0.1, -0.05) is 36.2 Å². The number of nitrogens with one attached hydrogen (secondary N) is 1. The van der Waals surface area contributed by atoms with Gasteiger partial charge in [-0.15, -0.1) is 0 Å². The molecule has 2 aromatic carbocycles.